The highest BCUT2D eigenvalue weighted by Gasteiger charge is 2.34. The first-order valence-corrected chi connectivity index (χ1v) is 7.49. The van der Waals surface area contributed by atoms with Gasteiger partial charge in [-0.15, -0.1) is 0 Å². The summed E-state index contributed by atoms with van der Waals surface area (Å²) in [7, 11) is 4.02. The zero-order chi connectivity index (χ0) is 14.9. The van der Waals surface area contributed by atoms with Gasteiger partial charge in [-0.3, -0.25) is 0 Å². The predicted octanol–water partition coefficient (Wildman–Crippen LogP) is 2.92. The average Bonchev–Trinajstić information content (AvgIpc) is 2.99. The summed E-state index contributed by atoms with van der Waals surface area (Å²) in [6.45, 7) is 0. The third kappa shape index (κ3) is 2.78. The minimum absolute atomic E-state index is 0.418. The topological polar surface area (TPSA) is 68.2 Å². The Bertz CT molecular complexity index is 614. The van der Waals surface area contributed by atoms with Crippen molar-refractivity contribution in [3.63, 3.8) is 0 Å². The van der Waals surface area contributed by atoms with E-state index < -0.39 is 5.54 Å². The van der Waals surface area contributed by atoms with E-state index in [1.54, 1.807) is 0 Å². The molecule has 0 radical (unpaired) electrons. The van der Waals surface area contributed by atoms with Gasteiger partial charge in [0.15, 0.2) is 5.82 Å². The van der Waals surface area contributed by atoms with Gasteiger partial charge in [0.25, 0.3) is 5.89 Å². The standard InChI is InChI=1S/C16H22N4O/c1-20(2)13-8-6-7-12(11-13)14-18-15(19-21-14)16(17)9-4-3-5-10-16/h6-8,11H,3-5,9-10,17H2,1-2H3. The van der Waals surface area contributed by atoms with Crippen LogP contribution in [0.5, 0.6) is 0 Å². The molecule has 1 aliphatic carbocycles. The van der Waals surface area contributed by atoms with Crippen LogP contribution in [0.2, 0.25) is 0 Å². The molecule has 1 fully saturated rings. The highest BCUT2D eigenvalue weighted by atomic mass is 16.5. The van der Waals surface area contributed by atoms with Crippen molar-refractivity contribution in [3.8, 4) is 11.5 Å². The molecule has 1 aromatic heterocycles. The molecule has 1 aliphatic rings. The maximum atomic E-state index is 6.46. The van der Waals surface area contributed by atoms with Crippen LogP contribution >= 0.6 is 0 Å². The number of benzene rings is 1. The number of nitrogens with two attached hydrogens (primary N) is 1. The molecule has 2 N–H and O–H groups in total. The third-order valence-corrected chi connectivity index (χ3v) is 4.23. The molecular weight excluding hydrogens is 264 g/mol. The van der Waals surface area contributed by atoms with Crippen molar-refractivity contribution in [1.82, 2.24) is 10.1 Å². The molecule has 0 bridgehead atoms. The molecule has 0 saturated heterocycles. The fraction of sp³-hybridized carbons (Fsp3) is 0.500. The minimum atomic E-state index is -0.418. The Kier molecular flexibility index (Phi) is 3.68. The fourth-order valence-electron chi connectivity index (χ4n) is 2.87. The van der Waals surface area contributed by atoms with Gasteiger partial charge in [0, 0.05) is 25.3 Å². The minimum Gasteiger partial charge on any atom is -0.378 e. The first-order chi connectivity index (χ1) is 10.1. The Morgan fingerprint density at radius 1 is 1.19 bits per heavy atom. The maximum Gasteiger partial charge on any atom is 0.258 e. The molecule has 0 atom stereocenters. The van der Waals surface area contributed by atoms with Crippen LogP contribution in [-0.4, -0.2) is 24.2 Å². The summed E-state index contributed by atoms with van der Waals surface area (Å²) in [6.07, 6.45) is 5.38. The highest BCUT2D eigenvalue weighted by Crippen LogP contribution is 2.34. The van der Waals surface area contributed by atoms with E-state index in [-0.39, 0.29) is 0 Å². The molecule has 0 spiro atoms. The first-order valence-electron chi connectivity index (χ1n) is 7.49. The lowest BCUT2D eigenvalue weighted by Gasteiger charge is -2.29. The molecule has 1 aromatic carbocycles. The molecule has 1 saturated carbocycles. The monoisotopic (exact) mass is 286 g/mol. The van der Waals surface area contributed by atoms with E-state index in [2.05, 4.69) is 10.1 Å². The van der Waals surface area contributed by atoms with Crippen molar-refractivity contribution in [3.05, 3.63) is 30.1 Å². The second-order valence-corrected chi connectivity index (χ2v) is 6.08. The van der Waals surface area contributed by atoms with Gasteiger partial charge in [-0.1, -0.05) is 30.5 Å². The van der Waals surface area contributed by atoms with Crippen LogP contribution in [0.3, 0.4) is 0 Å². The molecule has 0 unspecified atom stereocenters. The van der Waals surface area contributed by atoms with Gasteiger partial charge in [-0.05, 0) is 31.0 Å². The van der Waals surface area contributed by atoms with E-state index >= 15 is 0 Å². The molecule has 5 nitrogen and oxygen atoms in total. The van der Waals surface area contributed by atoms with E-state index in [9.17, 15) is 0 Å². The summed E-state index contributed by atoms with van der Waals surface area (Å²) >= 11 is 0. The van der Waals surface area contributed by atoms with Crippen LogP contribution in [0.1, 0.15) is 37.9 Å². The zero-order valence-corrected chi connectivity index (χ0v) is 12.7. The van der Waals surface area contributed by atoms with Crippen molar-refractivity contribution in [1.29, 1.82) is 0 Å². The van der Waals surface area contributed by atoms with Crippen LogP contribution in [0.25, 0.3) is 11.5 Å². The predicted molar refractivity (Wildman–Crippen MR) is 83.0 cm³/mol. The van der Waals surface area contributed by atoms with Gasteiger partial charge in [-0.25, -0.2) is 0 Å². The van der Waals surface area contributed by atoms with E-state index in [1.165, 1.54) is 6.42 Å². The second-order valence-electron chi connectivity index (χ2n) is 6.08. The van der Waals surface area contributed by atoms with Crippen LogP contribution in [0.4, 0.5) is 5.69 Å². The summed E-state index contributed by atoms with van der Waals surface area (Å²) in [6, 6.07) is 8.06. The highest BCUT2D eigenvalue weighted by molar-refractivity contribution is 5.61. The van der Waals surface area contributed by atoms with Crippen molar-refractivity contribution in [2.45, 2.75) is 37.6 Å². The van der Waals surface area contributed by atoms with Gasteiger partial charge in [-0.2, -0.15) is 4.98 Å². The van der Waals surface area contributed by atoms with Crippen molar-refractivity contribution < 1.29 is 4.52 Å². The SMILES string of the molecule is CN(C)c1cccc(-c2nc(C3(N)CCCCC3)no2)c1. The first kappa shape index (κ1) is 14.1. The van der Waals surface area contributed by atoms with E-state index in [0.29, 0.717) is 11.7 Å². The largest absolute Gasteiger partial charge is 0.378 e. The lowest BCUT2D eigenvalue weighted by atomic mass is 9.82. The Labute approximate surface area is 125 Å². The number of rotatable bonds is 3. The molecule has 0 aliphatic heterocycles. The Morgan fingerprint density at radius 3 is 2.67 bits per heavy atom. The molecule has 3 rings (SSSR count). The molecule has 2 aromatic rings. The van der Waals surface area contributed by atoms with Crippen molar-refractivity contribution in [2.24, 2.45) is 5.73 Å². The molecule has 1 heterocycles. The molecular formula is C16H22N4O. The average molecular weight is 286 g/mol. The van der Waals surface area contributed by atoms with Gasteiger partial charge >= 0.3 is 0 Å². The van der Waals surface area contributed by atoms with E-state index in [4.69, 9.17) is 10.3 Å². The Hall–Kier alpha value is -1.88. The van der Waals surface area contributed by atoms with Gasteiger partial charge in [0.05, 0.1) is 5.54 Å². The van der Waals surface area contributed by atoms with Crippen LogP contribution < -0.4 is 10.6 Å². The Morgan fingerprint density at radius 2 is 1.95 bits per heavy atom. The lowest BCUT2D eigenvalue weighted by Crippen LogP contribution is -2.39. The number of aromatic nitrogens is 2. The quantitative estimate of drug-likeness (QED) is 0.939. The second kappa shape index (κ2) is 5.48. The molecule has 5 heteroatoms. The van der Waals surface area contributed by atoms with Crippen molar-refractivity contribution >= 4 is 5.69 Å². The number of hydrogen-bond acceptors (Lipinski definition) is 5. The number of hydrogen-bond donors (Lipinski definition) is 1. The summed E-state index contributed by atoms with van der Waals surface area (Å²) in [5.41, 5.74) is 8.07. The number of anilines is 1. The normalized spacial score (nSPS) is 17.7. The van der Waals surface area contributed by atoms with Crippen LogP contribution in [0.15, 0.2) is 28.8 Å². The molecule has 0 amide bonds. The van der Waals surface area contributed by atoms with Gasteiger partial charge in [0.1, 0.15) is 0 Å². The van der Waals surface area contributed by atoms with Crippen molar-refractivity contribution in [2.75, 3.05) is 19.0 Å². The van der Waals surface area contributed by atoms with E-state index in [1.807, 2.05) is 43.3 Å². The van der Waals surface area contributed by atoms with E-state index in [0.717, 1.165) is 36.9 Å². The summed E-state index contributed by atoms with van der Waals surface area (Å²) in [5, 5.41) is 4.14. The van der Waals surface area contributed by atoms with Gasteiger partial charge in [0.2, 0.25) is 0 Å². The fourth-order valence-corrected chi connectivity index (χ4v) is 2.87. The summed E-state index contributed by atoms with van der Waals surface area (Å²) in [5.74, 6) is 1.19. The third-order valence-electron chi connectivity index (χ3n) is 4.23. The van der Waals surface area contributed by atoms with Gasteiger partial charge < -0.3 is 15.2 Å². The number of nitrogens with zero attached hydrogens (tertiary/aromatic N) is 3. The smallest absolute Gasteiger partial charge is 0.258 e. The summed E-state index contributed by atoms with van der Waals surface area (Å²) < 4.78 is 5.44. The molecule has 21 heavy (non-hydrogen) atoms. The van der Waals surface area contributed by atoms with Crippen LogP contribution in [0, 0.1) is 0 Å². The lowest BCUT2D eigenvalue weighted by molar-refractivity contribution is 0.275. The Balaban J connectivity index is 1.89. The summed E-state index contributed by atoms with van der Waals surface area (Å²) in [4.78, 5) is 6.60. The zero-order valence-electron chi connectivity index (χ0n) is 12.7. The molecule has 112 valence electrons. The maximum absolute atomic E-state index is 6.46. The van der Waals surface area contributed by atoms with Crippen LogP contribution in [-0.2, 0) is 5.54 Å².